The monoisotopic (exact) mass is 336 g/mol. The third-order valence-corrected chi connectivity index (χ3v) is 3.83. The number of imidazole rings is 1. The predicted molar refractivity (Wildman–Crippen MR) is 98.8 cm³/mol. The van der Waals surface area contributed by atoms with Gasteiger partial charge in [-0.1, -0.05) is 6.07 Å². The van der Waals surface area contributed by atoms with Crippen LogP contribution in [-0.4, -0.2) is 21.4 Å². The highest BCUT2D eigenvalue weighted by Gasteiger charge is 2.10. The number of anilines is 2. The molecule has 0 radical (unpaired) electrons. The minimum Gasteiger partial charge on any atom is -0.328 e. The first-order valence-electron chi connectivity index (χ1n) is 8.09. The van der Waals surface area contributed by atoms with Crippen LogP contribution in [0.15, 0.2) is 48.8 Å². The lowest BCUT2D eigenvalue weighted by molar-refractivity contribution is -0.114. The lowest BCUT2D eigenvalue weighted by atomic mass is 10.1. The summed E-state index contributed by atoms with van der Waals surface area (Å²) < 4.78 is 2.08. The van der Waals surface area contributed by atoms with E-state index < -0.39 is 0 Å². The second kappa shape index (κ2) is 6.76. The van der Waals surface area contributed by atoms with Crippen molar-refractivity contribution in [2.24, 2.45) is 0 Å². The zero-order valence-electron chi connectivity index (χ0n) is 14.4. The topological polar surface area (TPSA) is 76.0 Å². The number of benzene rings is 2. The molecule has 6 heteroatoms. The van der Waals surface area contributed by atoms with Gasteiger partial charge in [-0.3, -0.25) is 9.59 Å². The molecule has 0 aliphatic rings. The van der Waals surface area contributed by atoms with Crippen LogP contribution in [0.4, 0.5) is 11.4 Å². The molecule has 0 atom stereocenters. The summed E-state index contributed by atoms with van der Waals surface area (Å²) in [7, 11) is 0. The molecule has 0 spiro atoms. The van der Waals surface area contributed by atoms with E-state index in [4.69, 9.17) is 0 Å². The molecule has 3 rings (SSSR count). The molecule has 3 aromatic rings. The highest BCUT2D eigenvalue weighted by atomic mass is 16.2. The minimum absolute atomic E-state index is 0.177. The molecule has 2 amide bonds. The van der Waals surface area contributed by atoms with Crippen LogP contribution in [0, 0.1) is 0 Å². The number of carbonyl (C=O) groups excluding carboxylic acids is 2. The summed E-state index contributed by atoms with van der Waals surface area (Å²) in [6.45, 7) is 5.62. The molecule has 0 unspecified atom stereocenters. The maximum Gasteiger partial charge on any atom is 0.255 e. The first kappa shape index (κ1) is 16.7. The van der Waals surface area contributed by atoms with Crippen molar-refractivity contribution in [1.29, 1.82) is 0 Å². The Morgan fingerprint density at radius 1 is 1.04 bits per heavy atom. The average molecular weight is 336 g/mol. The van der Waals surface area contributed by atoms with Crippen molar-refractivity contribution >= 4 is 34.2 Å². The van der Waals surface area contributed by atoms with Crippen molar-refractivity contribution in [3.63, 3.8) is 0 Å². The minimum atomic E-state index is -0.241. The fourth-order valence-electron chi connectivity index (χ4n) is 2.67. The lowest BCUT2D eigenvalue weighted by Crippen LogP contribution is -2.13. The highest BCUT2D eigenvalue weighted by Crippen LogP contribution is 2.22. The fourth-order valence-corrected chi connectivity index (χ4v) is 2.67. The van der Waals surface area contributed by atoms with E-state index >= 15 is 0 Å². The molecule has 0 saturated heterocycles. The maximum absolute atomic E-state index is 12.5. The number of aromatic nitrogens is 2. The van der Waals surface area contributed by atoms with Crippen LogP contribution in [0.2, 0.25) is 0 Å². The van der Waals surface area contributed by atoms with Gasteiger partial charge in [0.05, 0.1) is 17.4 Å². The molecular weight excluding hydrogens is 316 g/mol. The second-order valence-electron chi connectivity index (χ2n) is 6.17. The first-order chi connectivity index (χ1) is 11.9. The molecule has 2 aromatic carbocycles. The van der Waals surface area contributed by atoms with Crippen LogP contribution in [0.5, 0.6) is 0 Å². The Hall–Kier alpha value is -3.15. The van der Waals surface area contributed by atoms with Gasteiger partial charge in [0.15, 0.2) is 0 Å². The SMILES string of the molecule is CC(=O)Nc1cccc(C(=O)Nc2ccc3c(c2)ncn3C(C)C)c1. The molecular formula is C19H20N4O2. The average Bonchev–Trinajstić information content (AvgIpc) is 2.98. The zero-order chi connectivity index (χ0) is 18.0. The summed E-state index contributed by atoms with van der Waals surface area (Å²) in [5.41, 5.74) is 3.60. The van der Waals surface area contributed by atoms with E-state index in [0.717, 1.165) is 11.0 Å². The summed E-state index contributed by atoms with van der Waals surface area (Å²) in [4.78, 5) is 28.0. The van der Waals surface area contributed by atoms with Gasteiger partial charge < -0.3 is 15.2 Å². The molecule has 1 aromatic heterocycles. The Morgan fingerprint density at radius 2 is 1.80 bits per heavy atom. The summed E-state index contributed by atoms with van der Waals surface area (Å²) >= 11 is 0. The number of carbonyl (C=O) groups is 2. The molecule has 6 nitrogen and oxygen atoms in total. The van der Waals surface area contributed by atoms with Crippen molar-refractivity contribution in [2.75, 3.05) is 10.6 Å². The molecule has 0 fully saturated rings. The number of nitrogens with one attached hydrogen (secondary N) is 2. The van der Waals surface area contributed by atoms with Gasteiger partial charge in [-0.25, -0.2) is 4.98 Å². The van der Waals surface area contributed by atoms with Crippen molar-refractivity contribution in [2.45, 2.75) is 26.8 Å². The normalized spacial score (nSPS) is 10.9. The largest absolute Gasteiger partial charge is 0.328 e. The van der Waals surface area contributed by atoms with Gasteiger partial charge in [-0.05, 0) is 50.2 Å². The van der Waals surface area contributed by atoms with Crippen molar-refractivity contribution in [3.05, 3.63) is 54.4 Å². The molecule has 25 heavy (non-hydrogen) atoms. The quantitative estimate of drug-likeness (QED) is 0.760. The second-order valence-corrected chi connectivity index (χ2v) is 6.17. The zero-order valence-corrected chi connectivity index (χ0v) is 14.4. The number of nitrogens with zero attached hydrogens (tertiary/aromatic N) is 2. The smallest absolute Gasteiger partial charge is 0.255 e. The Morgan fingerprint density at radius 3 is 2.52 bits per heavy atom. The fraction of sp³-hybridized carbons (Fsp3) is 0.211. The standard InChI is InChI=1S/C19H20N4O2/c1-12(2)23-11-20-17-10-16(7-8-18(17)23)22-19(25)14-5-4-6-15(9-14)21-13(3)24/h4-12H,1-3H3,(H,21,24)(H,22,25). The Bertz CT molecular complexity index is 944. The first-order valence-corrected chi connectivity index (χ1v) is 8.09. The van der Waals surface area contributed by atoms with Crippen molar-refractivity contribution in [1.82, 2.24) is 9.55 Å². The van der Waals surface area contributed by atoms with E-state index in [-0.39, 0.29) is 11.8 Å². The number of fused-ring (bicyclic) bond motifs is 1. The van der Waals surface area contributed by atoms with Crippen LogP contribution < -0.4 is 10.6 Å². The van der Waals surface area contributed by atoms with Crippen LogP contribution in [-0.2, 0) is 4.79 Å². The van der Waals surface area contributed by atoms with E-state index in [0.29, 0.717) is 23.0 Å². The van der Waals surface area contributed by atoms with Gasteiger partial charge in [-0.15, -0.1) is 0 Å². The maximum atomic E-state index is 12.5. The van der Waals surface area contributed by atoms with Gasteiger partial charge >= 0.3 is 0 Å². The van der Waals surface area contributed by atoms with Crippen LogP contribution in [0.25, 0.3) is 11.0 Å². The molecule has 0 bridgehead atoms. The third-order valence-electron chi connectivity index (χ3n) is 3.83. The summed E-state index contributed by atoms with van der Waals surface area (Å²) in [6, 6.07) is 12.8. The summed E-state index contributed by atoms with van der Waals surface area (Å²) in [6.07, 6.45) is 1.80. The molecule has 2 N–H and O–H groups in total. The highest BCUT2D eigenvalue weighted by molar-refractivity contribution is 6.06. The van der Waals surface area contributed by atoms with Crippen LogP contribution in [0.3, 0.4) is 0 Å². The Balaban J connectivity index is 1.81. The van der Waals surface area contributed by atoms with E-state index in [1.807, 2.05) is 18.2 Å². The van der Waals surface area contributed by atoms with Gasteiger partial charge in [-0.2, -0.15) is 0 Å². The molecule has 1 heterocycles. The Labute approximate surface area is 145 Å². The molecule has 0 aliphatic carbocycles. The number of hydrogen-bond acceptors (Lipinski definition) is 3. The van der Waals surface area contributed by atoms with Crippen molar-refractivity contribution < 1.29 is 9.59 Å². The lowest BCUT2D eigenvalue weighted by Gasteiger charge is -2.09. The number of hydrogen-bond donors (Lipinski definition) is 2. The van der Waals surface area contributed by atoms with Gasteiger partial charge in [0.1, 0.15) is 0 Å². The van der Waals surface area contributed by atoms with Crippen LogP contribution >= 0.6 is 0 Å². The van der Waals surface area contributed by atoms with E-state index in [2.05, 4.69) is 34.0 Å². The summed E-state index contributed by atoms with van der Waals surface area (Å²) in [5.74, 6) is -0.418. The molecule has 128 valence electrons. The summed E-state index contributed by atoms with van der Waals surface area (Å²) in [5, 5.41) is 5.54. The molecule has 0 saturated carbocycles. The third kappa shape index (κ3) is 3.68. The van der Waals surface area contributed by atoms with Gasteiger partial charge in [0, 0.05) is 29.9 Å². The number of rotatable bonds is 4. The van der Waals surface area contributed by atoms with Gasteiger partial charge in [0.2, 0.25) is 5.91 Å². The van der Waals surface area contributed by atoms with Crippen molar-refractivity contribution in [3.8, 4) is 0 Å². The van der Waals surface area contributed by atoms with E-state index in [1.165, 1.54) is 6.92 Å². The van der Waals surface area contributed by atoms with E-state index in [1.54, 1.807) is 30.6 Å². The van der Waals surface area contributed by atoms with Crippen LogP contribution in [0.1, 0.15) is 37.2 Å². The molecule has 0 aliphatic heterocycles. The van der Waals surface area contributed by atoms with E-state index in [9.17, 15) is 9.59 Å². The van der Waals surface area contributed by atoms with Gasteiger partial charge in [0.25, 0.3) is 5.91 Å². The predicted octanol–water partition coefficient (Wildman–Crippen LogP) is 3.83. The number of amides is 2. The Kier molecular flexibility index (Phi) is 4.52.